The molecule has 0 atom stereocenters. The molecule has 172 valence electrons. The zero-order valence-electron chi connectivity index (χ0n) is 18.0. The minimum absolute atomic E-state index is 0.0962. The van der Waals surface area contributed by atoms with E-state index in [0.717, 1.165) is 28.4 Å². The third-order valence-electron chi connectivity index (χ3n) is 4.47. The van der Waals surface area contributed by atoms with Crippen LogP contribution in [-0.4, -0.2) is 34.3 Å². The van der Waals surface area contributed by atoms with Gasteiger partial charge >= 0.3 is 0 Å². The number of aromatic nitrogens is 2. The fourth-order valence-corrected chi connectivity index (χ4v) is 4.65. The molecule has 34 heavy (non-hydrogen) atoms. The van der Waals surface area contributed by atoms with Gasteiger partial charge in [0.05, 0.1) is 10.6 Å². The lowest BCUT2D eigenvalue weighted by molar-refractivity contribution is -0.124. The first-order valence-electron chi connectivity index (χ1n) is 10.2. The molecule has 0 saturated heterocycles. The normalized spacial score (nSPS) is 13.2. The average molecular weight is 494 g/mol. The standard InChI is InChI=1S/C24H19N3O5S2/c1-15-26-27-24(33-15)34-22-12-20(28)19(11-21(22)29)25-23(30)14-32-18-9-7-17(8-10-18)31-13-16-5-3-2-4-6-16/h2-12H,13-14H2,1H3,(H,25,30). The summed E-state index contributed by atoms with van der Waals surface area (Å²) in [5.41, 5.74) is 0.960. The Labute approximate surface area is 203 Å². The van der Waals surface area contributed by atoms with E-state index in [4.69, 9.17) is 9.47 Å². The van der Waals surface area contributed by atoms with E-state index in [0.29, 0.717) is 22.4 Å². The summed E-state index contributed by atoms with van der Waals surface area (Å²) in [6.45, 7) is 1.92. The molecule has 0 spiro atoms. The molecular formula is C24H19N3O5S2. The minimum Gasteiger partial charge on any atom is -0.489 e. The smallest absolute Gasteiger partial charge is 0.262 e. The molecule has 1 amide bonds. The summed E-state index contributed by atoms with van der Waals surface area (Å²) < 4.78 is 11.7. The van der Waals surface area contributed by atoms with Crippen molar-refractivity contribution in [3.8, 4) is 11.5 Å². The van der Waals surface area contributed by atoms with Gasteiger partial charge in [-0.3, -0.25) is 14.4 Å². The summed E-state index contributed by atoms with van der Waals surface area (Å²) >= 11 is 2.40. The topological polar surface area (TPSA) is 107 Å². The Morgan fingerprint density at radius 2 is 1.65 bits per heavy atom. The highest BCUT2D eigenvalue weighted by atomic mass is 32.2. The molecule has 8 nitrogen and oxygen atoms in total. The Kier molecular flexibility index (Phi) is 7.51. The van der Waals surface area contributed by atoms with Gasteiger partial charge in [-0.25, -0.2) is 0 Å². The highest BCUT2D eigenvalue weighted by Crippen LogP contribution is 2.31. The zero-order valence-corrected chi connectivity index (χ0v) is 19.7. The van der Waals surface area contributed by atoms with Crippen molar-refractivity contribution < 1.29 is 23.9 Å². The molecule has 0 saturated carbocycles. The van der Waals surface area contributed by atoms with Crippen LogP contribution in [-0.2, 0) is 21.0 Å². The first-order valence-corrected chi connectivity index (χ1v) is 11.8. The third kappa shape index (κ3) is 6.40. The number of benzene rings is 2. The van der Waals surface area contributed by atoms with E-state index < -0.39 is 11.7 Å². The second-order valence-electron chi connectivity index (χ2n) is 7.07. The molecule has 1 aliphatic carbocycles. The fraction of sp³-hybridized carbons (Fsp3) is 0.125. The number of nitrogens with one attached hydrogen (secondary N) is 1. The molecule has 10 heteroatoms. The van der Waals surface area contributed by atoms with Gasteiger partial charge in [0, 0.05) is 12.2 Å². The van der Waals surface area contributed by atoms with Crippen LogP contribution < -0.4 is 14.8 Å². The lowest BCUT2D eigenvalue weighted by atomic mass is 10.1. The number of allylic oxidation sites excluding steroid dienone is 3. The van der Waals surface area contributed by atoms with E-state index in [2.05, 4.69) is 15.5 Å². The van der Waals surface area contributed by atoms with Crippen LogP contribution in [0.1, 0.15) is 10.6 Å². The number of carbonyl (C=O) groups is 3. The van der Waals surface area contributed by atoms with Crippen molar-refractivity contribution in [2.75, 3.05) is 6.61 Å². The number of thioether (sulfide) groups is 1. The van der Waals surface area contributed by atoms with Gasteiger partial charge in [0.1, 0.15) is 23.1 Å². The minimum atomic E-state index is -0.555. The maximum atomic E-state index is 12.3. The van der Waals surface area contributed by atoms with Crippen molar-refractivity contribution in [2.45, 2.75) is 17.9 Å². The van der Waals surface area contributed by atoms with Gasteiger partial charge < -0.3 is 14.8 Å². The third-order valence-corrected chi connectivity index (χ3v) is 6.40. The van der Waals surface area contributed by atoms with Gasteiger partial charge in [-0.1, -0.05) is 53.4 Å². The second-order valence-corrected chi connectivity index (χ2v) is 9.54. The van der Waals surface area contributed by atoms with Gasteiger partial charge in [0.25, 0.3) is 5.91 Å². The van der Waals surface area contributed by atoms with Crippen molar-refractivity contribution in [1.29, 1.82) is 0 Å². The number of rotatable bonds is 9. The second kappa shape index (κ2) is 10.9. The summed E-state index contributed by atoms with van der Waals surface area (Å²) in [7, 11) is 0. The molecule has 2 aromatic carbocycles. The van der Waals surface area contributed by atoms with Gasteiger partial charge in [0.2, 0.25) is 5.78 Å². The van der Waals surface area contributed by atoms with Crippen LogP contribution in [0.5, 0.6) is 11.5 Å². The number of aryl methyl sites for hydroxylation is 1. The predicted octanol–water partition coefficient (Wildman–Crippen LogP) is 3.63. The van der Waals surface area contributed by atoms with Crippen LogP contribution in [0.2, 0.25) is 0 Å². The van der Waals surface area contributed by atoms with E-state index in [1.54, 1.807) is 31.2 Å². The molecule has 0 unspecified atom stereocenters. The summed E-state index contributed by atoms with van der Waals surface area (Å²) in [5, 5.41) is 11.0. The van der Waals surface area contributed by atoms with Crippen LogP contribution in [0.15, 0.2) is 81.7 Å². The molecular weight excluding hydrogens is 474 g/mol. The van der Waals surface area contributed by atoms with Crippen molar-refractivity contribution in [2.24, 2.45) is 0 Å². The SMILES string of the molecule is Cc1nnc(SC2=CC(=O)C(NC(=O)COc3ccc(OCc4ccccc4)cc3)=CC2=O)s1. The maximum Gasteiger partial charge on any atom is 0.262 e. The Morgan fingerprint density at radius 1 is 0.941 bits per heavy atom. The molecule has 0 radical (unpaired) electrons. The average Bonchev–Trinajstić information content (AvgIpc) is 3.25. The van der Waals surface area contributed by atoms with E-state index in [-0.39, 0.29) is 23.0 Å². The number of carbonyl (C=O) groups excluding carboxylic acids is 3. The molecule has 4 rings (SSSR count). The van der Waals surface area contributed by atoms with Crippen molar-refractivity contribution in [3.63, 3.8) is 0 Å². The van der Waals surface area contributed by atoms with Crippen molar-refractivity contribution >= 4 is 40.6 Å². The Bertz CT molecular complexity index is 1270. The highest BCUT2D eigenvalue weighted by molar-refractivity contribution is 8.05. The number of ketones is 2. The first-order chi connectivity index (χ1) is 16.5. The Hall–Kier alpha value is -3.76. The molecule has 1 aromatic heterocycles. The number of nitrogens with zero attached hydrogens (tertiary/aromatic N) is 2. The summed E-state index contributed by atoms with van der Waals surface area (Å²) in [4.78, 5) is 37.1. The Morgan fingerprint density at radius 3 is 2.32 bits per heavy atom. The predicted molar refractivity (Wildman–Crippen MR) is 128 cm³/mol. The van der Waals surface area contributed by atoms with Crippen LogP contribution in [0.4, 0.5) is 0 Å². The molecule has 3 aromatic rings. The maximum absolute atomic E-state index is 12.3. The van der Waals surface area contributed by atoms with Gasteiger partial charge in [-0.05, 0) is 36.8 Å². The molecule has 0 aliphatic heterocycles. The number of ether oxygens (including phenoxy) is 2. The van der Waals surface area contributed by atoms with E-state index >= 15 is 0 Å². The number of amides is 1. The monoisotopic (exact) mass is 493 g/mol. The quantitative estimate of drug-likeness (QED) is 0.450. The fourth-order valence-electron chi connectivity index (χ4n) is 2.84. The van der Waals surface area contributed by atoms with Gasteiger partial charge in [0.15, 0.2) is 16.7 Å². The zero-order chi connectivity index (χ0) is 23.9. The molecule has 0 fully saturated rings. The molecule has 1 heterocycles. The van der Waals surface area contributed by atoms with Crippen LogP contribution in [0, 0.1) is 6.92 Å². The van der Waals surface area contributed by atoms with Crippen LogP contribution in [0.25, 0.3) is 0 Å². The van der Waals surface area contributed by atoms with Crippen molar-refractivity contribution in [1.82, 2.24) is 15.5 Å². The molecule has 0 bridgehead atoms. The van der Waals surface area contributed by atoms with E-state index in [9.17, 15) is 14.4 Å². The van der Waals surface area contributed by atoms with E-state index in [1.165, 1.54) is 17.4 Å². The van der Waals surface area contributed by atoms with Gasteiger partial charge in [-0.15, -0.1) is 10.2 Å². The highest BCUT2D eigenvalue weighted by Gasteiger charge is 2.23. The lowest BCUT2D eigenvalue weighted by Crippen LogP contribution is -2.33. The Balaban J connectivity index is 1.25. The summed E-state index contributed by atoms with van der Waals surface area (Å²) in [6.07, 6.45) is 2.30. The van der Waals surface area contributed by atoms with Crippen molar-refractivity contribution in [3.05, 3.63) is 87.9 Å². The largest absolute Gasteiger partial charge is 0.489 e. The number of hydrogen-bond acceptors (Lipinski definition) is 9. The molecule has 1 N–H and O–H groups in total. The lowest BCUT2D eigenvalue weighted by Gasteiger charge is -2.13. The number of hydrogen-bond donors (Lipinski definition) is 1. The summed E-state index contributed by atoms with van der Waals surface area (Å²) in [6, 6.07) is 16.6. The summed E-state index contributed by atoms with van der Waals surface area (Å²) in [5.74, 6) is -0.285. The molecule has 1 aliphatic rings. The van der Waals surface area contributed by atoms with E-state index in [1.807, 2.05) is 30.3 Å². The van der Waals surface area contributed by atoms with Crippen LogP contribution >= 0.6 is 23.1 Å². The first kappa shape index (κ1) is 23.4. The van der Waals surface area contributed by atoms with Gasteiger partial charge in [-0.2, -0.15) is 0 Å². The van der Waals surface area contributed by atoms with Crippen LogP contribution in [0.3, 0.4) is 0 Å².